The van der Waals surface area contributed by atoms with Gasteiger partial charge in [-0.1, -0.05) is 23.2 Å². The third-order valence-corrected chi connectivity index (χ3v) is 4.71. The summed E-state index contributed by atoms with van der Waals surface area (Å²) in [5, 5.41) is 0.489. The van der Waals surface area contributed by atoms with Crippen LogP contribution in [0.1, 0.15) is 5.56 Å². The van der Waals surface area contributed by atoms with Crippen LogP contribution >= 0.6 is 39.1 Å². The predicted molar refractivity (Wildman–Crippen MR) is 83.9 cm³/mol. The van der Waals surface area contributed by atoms with Crippen LogP contribution in [-0.4, -0.2) is 13.4 Å². The number of aryl methyl sites for hydroxylation is 1. The van der Waals surface area contributed by atoms with Crippen molar-refractivity contribution in [2.75, 3.05) is 4.72 Å². The molecule has 0 fully saturated rings. The minimum Gasteiger partial charge on any atom is -0.262 e. The minimum absolute atomic E-state index is 0.0238. The number of hydrogen-bond donors (Lipinski definition) is 1. The third-order valence-electron chi connectivity index (χ3n) is 2.36. The van der Waals surface area contributed by atoms with Crippen LogP contribution in [-0.2, 0) is 10.0 Å². The van der Waals surface area contributed by atoms with Crippen molar-refractivity contribution in [2.45, 2.75) is 11.8 Å². The summed E-state index contributed by atoms with van der Waals surface area (Å²) in [5.74, 6) is 0.201. The summed E-state index contributed by atoms with van der Waals surface area (Å²) < 4.78 is 27.4. The summed E-state index contributed by atoms with van der Waals surface area (Å²) in [4.78, 5) is 4.01. The number of nitrogens with zero attached hydrogens (tertiary/aromatic N) is 1. The second kappa shape index (κ2) is 5.89. The van der Waals surface area contributed by atoms with Crippen molar-refractivity contribution < 1.29 is 8.42 Å². The van der Waals surface area contributed by atoms with E-state index >= 15 is 0 Å². The van der Waals surface area contributed by atoms with E-state index < -0.39 is 10.0 Å². The normalized spacial score (nSPS) is 11.4. The van der Waals surface area contributed by atoms with Gasteiger partial charge in [0.2, 0.25) is 0 Å². The highest BCUT2D eigenvalue weighted by Crippen LogP contribution is 2.26. The SMILES string of the molecule is Cc1cnc(NS(=O)(=O)c2cc(Cl)cc(Cl)c2)c(Br)c1. The average Bonchev–Trinajstić information content (AvgIpc) is 2.31. The van der Waals surface area contributed by atoms with E-state index in [2.05, 4.69) is 25.6 Å². The molecule has 0 amide bonds. The zero-order chi connectivity index (χ0) is 14.9. The van der Waals surface area contributed by atoms with Crippen molar-refractivity contribution in [3.05, 3.63) is 50.5 Å². The molecule has 0 aliphatic heterocycles. The van der Waals surface area contributed by atoms with E-state index in [0.717, 1.165) is 5.56 Å². The van der Waals surface area contributed by atoms with Gasteiger partial charge in [0.1, 0.15) is 0 Å². The van der Waals surface area contributed by atoms with Crippen molar-refractivity contribution in [3.8, 4) is 0 Å². The van der Waals surface area contributed by atoms with Crippen LogP contribution in [0.3, 0.4) is 0 Å². The van der Waals surface area contributed by atoms with E-state index in [1.54, 1.807) is 12.3 Å². The van der Waals surface area contributed by atoms with Crippen molar-refractivity contribution >= 4 is 55.0 Å². The second-order valence-corrected chi connectivity index (χ2v) is 7.46. The largest absolute Gasteiger partial charge is 0.263 e. The molecule has 1 aromatic carbocycles. The van der Waals surface area contributed by atoms with Gasteiger partial charge in [-0.2, -0.15) is 0 Å². The standard InChI is InChI=1S/C12H9BrCl2N2O2S/c1-7-2-11(13)12(16-6-7)17-20(18,19)10-4-8(14)3-9(15)5-10/h2-6H,1H3,(H,16,17). The van der Waals surface area contributed by atoms with Crippen molar-refractivity contribution in [3.63, 3.8) is 0 Å². The Kier molecular flexibility index (Phi) is 4.59. The molecule has 2 aromatic rings. The predicted octanol–water partition coefficient (Wildman–Crippen LogP) is 4.26. The zero-order valence-electron chi connectivity index (χ0n) is 10.2. The number of benzene rings is 1. The van der Waals surface area contributed by atoms with Crippen LogP contribution in [0.15, 0.2) is 39.8 Å². The molecule has 2 rings (SSSR count). The van der Waals surface area contributed by atoms with Gasteiger partial charge < -0.3 is 0 Å². The number of halogens is 3. The number of nitrogens with one attached hydrogen (secondary N) is 1. The number of anilines is 1. The summed E-state index contributed by atoms with van der Waals surface area (Å²) in [6.45, 7) is 1.85. The molecule has 1 aromatic heterocycles. The van der Waals surface area contributed by atoms with Crippen LogP contribution in [0.5, 0.6) is 0 Å². The third kappa shape index (κ3) is 3.63. The number of hydrogen-bond acceptors (Lipinski definition) is 3. The summed E-state index contributed by atoms with van der Waals surface area (Å²) in [6, 6.07) is 5.85. The van der Waals surface area contributed by atoms with E-state index in [-0.39, 0.29) is 20.8 Å². The molecule has 0 bridgehead atoms. The molecular formula is C12H9BrCl2N2O2S. The first-order chi connectivity index (χ1) is 9.28. The van der Waals surface area contributed by atoms with E-state index in [4.69, 9.17) is 23.2 Å². The summed E-state index contributed by atoms with van der Waals surface area (Å²) in [6.07, 6.45) is 1.56. The van der Waals surface area contributed by atoms with Gasteiger partial charge in [0, 0.05) is 16.2 Å². The van der Waals surface area contributed by atoms with Gasteiger partial charge in [-0.25, -0.2) is 13.4 Å². The smallest absolute Gasteiger partial charge is 0.262 e. The van der Waals surface area contributed by atoms with Crippen molar-refractivity contribution in [2.24, 2.45) is 0 Å². The summed E-state index contributed by atoms with van der Waals surface area (Å²) >= 11 is 14.9. The van der Waals surface area contributed by atoms with Crippen molar-refractivity contribution in [1.29, 1.82) is 0 Å². The average molecular weight is 396 g/mol. The molecule has 4 nitrogen and oxygen atoms in total. The zero-order valence-corrected chi connectivity index (χ0v) is 14.1. The number of sulfonamides is 1. The summed E-state index contributed by atoms with van der Waals surface area (Å²) in [5.41, 5.74) is 0.908. The molecule has 0 aliphatic rings. The number of pyridine rings is 1. The fourth-order valence-corrected chi connectivity index (χ4v) is 3.93. The van der Waals surface area contributed by atoms with E-state index in [0.29, 0.717) is 4.47 Å². The highest BCUT2D eigenvalue weighted by atomic mass is 79.9. The van der Waals surface area contributed by atoms with Gasteiger partial charge in [-0.15, -0.1) is 0 Å². The Morgan fingerprint density at radius 2 is 1.75 bits per heavy atom. The topological polar surface area (TPSA) is 59.1 Å². The molecule has 0 unspecified atom stereocenters. The molecule has 0 saturated carbocycles. The van der Waals surface area contributed by atoms with Crippen LogP contribution in [0, 0.1) is 6.92 Å². The molecule has 0 spiro atoms. The Bertz CT molecular complexity index is 746. The van der Waals surface area contributed by atoms with Gasteiger partial charge >= 0.3 is 0 Å². The molecule has 1 N–H and O–H groups in total. The Morgan fingerprint density at radius 3 is 2.30 bits per heavy atom. The Morgan fingerprint density at radius 1 is 1.15 bits per heavy atom. The van der Waals surface area contributed by atoms with Gasteiger partial charge in [-0.05, 0) is 52.7 Å². The maximum atomic E-state index is 12.3. The molecule has 0 atom stereocenters. The second-order valence-electron chi connectivity index (χ2n) is 4.05. The lowest BCUT2D eigenvalue weighted by Crippen LogP contribution is -2.14. The highest BCUT2D eigenvalue weighted by Gasteiger charge is 2.17. The first-order valence-electron chi connectivity index (χ1n) is 5.39. The quantitative estimate of drug-likeness (QED) is 0.844. The molecule has 20 heavy (non-hydrogen) atoms. The van der Waals surface area contributed by atoms with E-state index in [1.165, 1.54) is 18.2 Å². The van der Waals surface area contributed by atoms with E-state index in [1.807, 2.05) is 6.92 Å². The van der Waals surface area contributed by atoms with Gasteiger partial charge in [0.25, 0.3) is 10.0 Å². The maximum Gasteiger partial charge on any atom is 0.263 e. The lowest BCUT2D eigenvalue weighted by molar-refractivity contribution is 0.601. The van der Waals surface area contributed by atoms with Crippen LogP contribution in [0.2, 0.25) is 10.0 Å². The molecule has 0 saturated heterocycles. The molecular weight excluding hydrogens is 387 g/mol. The molecule has 1 heterocycles. The molecule has 106 valence electrons. The maximum absolute atomic E-state index is 12.3. The van der Waals surface area contributed by atoms with Crippen LogP contribution in [0.25, 0.3) is 0 Å². The number of aromatic nitrogens is 1. The fraction of sp³-hybridized carbons (Fsp3) is 0.0833. The first kappa shape index (κ1) is 15.6. The van der Waals surface area contributed by atoms with Gasteiger partial charge in [0.05, 0.1) is 9.37 Å². The van der Waals surface area contributed by atoms with Crippen molar-refractivity contribution in [1.82, 2.24) is 4.98 Å². The lowest BCUT2D eigenvalue weighted by Gasteiger charge is -2.10. The van der Waals surface area contributed by atoms with Crippen LogP contribution in [0.4, 0.5) is 5.82 Å². The van der Waals surface area contributed by atoms with Gasteiger partial charge in [0.15, 0.2) is 5.82 Å². The Balaban J connectivity index is 2.40. The first-order valence-corrected chi connectivity index (χ1v) is 8.42. The minimum atomic E-state index is -3.81. The molecule has 0 aliphatic carbocycles. The monoisotopic (exact) mass is 394 g/mol. The Labute approximate surface area is 135 Å². The molecule has 8 heteroatoms. The highest BCUT2D eigenvalue weighted by molar-refractivity contribution is 9.10. The molecule has 0 radical (unpaired) electrons. The van der Waals surface area contributed by atoms with Gasteiger partial charge in [-0.3, -0.25) is 4.72 Å². The summed E-state index contributed by atoms with van der Waals surface area (Å²) in [7, 11) is -3.81. The van der Waals surface area contributed by atoms with Crippen LogP contribution < -0.4 is 4.72 Å². The lowest BCUT2D eigenvalue weighted by atomic mass is 10.3. The number of rotatable bonds is 3. The Hall–Kier alpha value is -0.820. The fourth-order valence-electron chi connectivity index (χ4n) is 1.48. The van der Waals surface area contributed by atoms with E-state index in [9.17, 15) is 8.42 Å².